The quantitative estimate of drug-likeness (QED) is 0.736. The van der Waals surface area contributed by atoms with E-state index in [1.54, 1.807) is 24.0 Å². The zero-order chi connectivity index (χ0) is 16.2. The van der Waals surface area contributed by atoms with Crippen LogP contribution < -0.4 is 10.1 Å². The number of ether oxygens (including phenoxy) is 1. The molecule has 124 valence electrons. The van der Waals surface area contributed by atoms with Crippen LogP contribution in [0.4, 0.5) is 4.79 Å². The Labute approximate surface area is 140 Å². The number of hydrogen-bond donors (Lipinski definition) is 1. The molecule has 1 aromatic rings. The summed E-state index contributed by atoms with van der Waals surface area (Å²) >= 11 is 1.66. The maximum absolute atomic E-state index is 12.3. The van der Waals surface area contributed by atoms with Crippen LogP contribution in [0.1, 0.15) is 24.8 Å². The third kappa shape index (κ3) is 4.16. The monoisotopic (exact) mass is 335 g/mol. The number of carbonyl (C=O) groups is 2. The lowest BCUT2D eigenvalue weighted by Crippen LogP contribution is -2.31. The summed E-state index contributed by atoms with van der Waals surface area (Å²) in [5.41, 5.74) is 0.817. The molecule has 3 amide bonds. The molecule has 1 saturated carbocycles. The molecule has 1 aliphatic heterocycles. The number of carbonyl (C=O) groups excluding carboxylic acids is 2. The van der Waals surface area contributed by atoms with Crippen molar-refractivity contribution in [3.05, 3.63) is 23.9 Å². The number of imide groups is 1. The minimum atomic E-state index is -0.399. The second-order valence-corrected chi connectivity index (χ2v) is 6.95. The molecular formula is C16H21N3O3S. The smallest absolute Gasteiger partial charge is 0.325 e. The molecule has 0 bridgehead atoms. The van der Waals surface area contributed by atoms with Gasteiger partial charge >= 0.3 is 6.03 Å². The van der Waals surface area contributed by atoms with Crippen LogP contribution in [0.25, 0.3) is 0 Å². The lowest BCUT2D eigenvalue weighted by molar-refractivity contribution is -0.127. The SMILES string of the molecule is CSCC[C@@H]1NC(=O)N(Cc2ccc(OCC3CC3)nc2)C1=O. The number of thioether (sulfide) groups is 1. The van der Waals surface area contributed by atoms with Crippen molar-refractivity contribution < 1.29 is 14.3 Å². The fourth-order valence-corrected chi connectivity index (χ4v) is 2.89. The molecule has 3 rings (SSSR count). The van der Waals surface area contributed by atoms with E-state index in [4.69, 9.17) is 4.74 Å². The zero-order valence-electron chi connectivity index (χ0n) is 13.2. The lowest BCUT2D eigenvalue weighted by atomic mass is 10.2. The van der Waals surface area contributed by atoms with Crippen LogP contribution >= 0.6 is 11.8 Å². The maximum atomic E-state index is 12.3. The van der Waals surface area contributed by atoms with E-state index in [-0.39, 0.29) is 18.5 Å². The number of pyridine rings is 1. The summed E-state index contributed by atoms with van der Waals surface area (Å²) in [5.74, 6) is 1.97. The normalized spacial score (nSPS) is 20.7. The summed E-state index contributed by atoms with van der Waals surface area (Å²) < 4.78 is 5.59. The molecule has 0 aromatic carbocycles. The number of nitrogens with one attached hydrogen (secondary N) is 1. The minimum Gasteiger partial charge on any atom is -0.477 e. The summed E-state index contributed by atoms with van der Waals surface area (Å²) in [6, 6.07) is 2.92. The van der Waals surface area contributed by atoms with E-state index in [0.717, 1.165) is 17.9 Å². The summed E-state index contributed by atoms with van der Waals surface area (Å²) in [6.07, 6.45) is 6.79. The topological polar surface area (TPSA) is 71.5 Å². The van der Waals surface area contributed by atoms with Crippen molar-refractivity contribution in [1.82, 2.24) is 15.2 Å². The molecule has 7 heteroatoms. The highest BCUT2D eigenvalue weighted by Crippen LogP contribution is 2.29. The van der Waals surface area contributed by atoms with Crippen molar-refractivity contribution in [3.8, 4) is 5.88 Å². The van der Waals surface area contributed by atoms with Crippen molar-refractivity contribution in [2.24, 2.45) is 5.92 Å². The molecule has 6 nitrogen and oxygen atoms in total. The second-order valence-electron chi connectivity index (χ2n) is 5.97. The highest BCUT2D eigenvalue weighted by Gasteiger charge is 2.37. The molecular weight excluding hydrogens is 314 g/mol. The third-order valence-electron chi connectivity index (χ3n) is 4.02. The Kier molecular flexibility index (Phi) is 5.05. The van der Waals surface area contributed by atoms with Crippen LogP contribution in [-0.4, -0.2) is 46.5 Å². The highest BCUT2D eigenvalue weighted by molar-refractivity contribution is 7.98. The van der Waals surface area contributed by atoms with E-state index in [1.165, 1.54) is 17.7 Å². The molecule has 1 N–H and O–H groups in total. The van der Waals surface area contributed by atoms with Crippen molar-refractivity contribution in [1.29, 1.82) is 0 Å². The fraction of sp³-hybridized carbons (Fsp3) is 0.562. The largest absolute Gasteiger partial charge is 0.477 e. The molecule has 0 radical (unpaired) electrons. The number of hydrogen-bond acceptors (Lipinski definition) is 5. The number of aromatic nitrogens is 1. The van der Waals surface area contributed by atoms with E-state index in [1.807, 2.05) is 12.3 Å². The number of amides is 3. The van der Waals surface area contributed by atoms with Gasteiger partial charge in [0.05, 0.1) is 13.2 Å². The first-order chi connectivity index (χ1) is 11.2. The van der Waals surface area contributed by atoms with Crippen molar-refractivity contribution >= 4 is 23.7 Å². The molecule has 2 heterocycles. The van der Waals surface area contributed by atoms with Crippen LogP contribution in [0.2, 0.25) is 0 Å². The maximum Gasteiger partial charge on any atom is 0.325 e. The van der Waals surface area contributed by atoms with Crippen molar-refractivity contribution in [2.75, 3.05) is 18.6 Å². The van der Waals surface area contributed by atoms with Crippen LogP contribution in [-0.2, 0) is 11.3 Å². The average Bonchev–Trinajstić information content (AvgIpc) is 3.35. The Morgan fingerprint density at radius 3 is 2.87 bits per heavy atom. The summed E-state index contributed by atoms with van der Waals surface area (Å²) in [6.45, 7) is 0.965. The second kappa shape index (κ2) is 7.21. The standard InChI is InChI=1S/C16H21N3O3S/c1-23-7-6-13-15(20)19(16(21)18-13)9-12-4-5-14(17-8-12)22-10-11-2-3-11/h4-5,8,11,13H,2-3,6-7,9-10H2,1H3,(H,18,21)/t13-/m0/s1. The van der Waals surface area contributed by atoms with Gasteiger partial charge in [-0.15, -0.1) is 0 Å². The first-order valence-corrected chi connectivity index (χ1v) is 9.25. The van der Waals surface area contributed by atoms with E-state index in [9.17, 15) is 9.59 Å². The van der Waals surface area contributed by atoms with Crippen molar-refractivity contribution in [3.63, 3.8) is 0 Å². The molecule has 1 aromatic heterocycles. The molecule has 0 spiro atoms. The van der Waals surface area contributed by atoms with Crippen LogP contribution in [0.5, 0.6) is 5.88 Å². The third-order valence-corrected chi connectivity index (χ3v) is 4.66. The van der Waals surface area contributed by atoms with Gasteiger partial charge in [-0.2, -0.15) is 11.8 Å². The predicted molar refractivity (Wildman–Crippen MR) is 88.3 cm³/mol. The molecule has 2 fully saturated rings. The van der Waals surface area contributed by atoms with Gasteiger partial charge in [0.2, 0.25) is 5.88 Å². The fourth-order valence-electron chi connectivity index (χ4n) is 2.42. The summed E-state index contributed by atoms with van der Waals surface area (Å²) in [5, 5.41) is 2.74. The molecule has 1 aliphatic carbocycles. The van der Waals surface area contributed by atoms with Gasteiger partial charge in [0.15, 0.2) is 0 Å². The van der Waals surface area contributed by atoms with Gasteiger partial charge in [0.1, 0.15) is 6.04 Å². The lowest BCUT2D eigenvalue weighted by Gasteiger charge is -2.13. The number of rotatable bonds is 8. The van der Waals surface area contributed by atoms with E-state index in [0.29, 0.717) is 18.2 Å². The van der Waals surface area contributed by atoms with Gasteiger partial charge in [-0.05, 0) is 42.8 Å². The van der Waals surface area contributed by atoms with E-state index < -0.39 is 6.04 Å². The van der Waals surface area contributed by atoms with Gasteiger partial charge in [-0.1, -0.05) is 6.07 Å². The molecule has 2 aliphatic rings. The van der Waals surface area contributed by atoms with Gasteiger partial charge in [-0.3, -0.25) is 9.69 Å². The molecule has 1 saturated heterocycles. The minimum absolute atomic E-state index is 0.155. The van der Waals surface area contributed by atoms with Crippen molar-refractivity contribution in [2.45, 2.75) is 31.8 Å². The summed E-state index contributed by atoms with van der Waals surface area (Å²) in [4.78, 5) is 29.7. The molecule has 1 atom stereocenters. The first kappa shape index (κ1) is 16.1. The first-order valence-electron chi connectivity index (χ1n) is 7.86. The Balaban J connectivity index is 1.55. The van der Waals surface area contributed by atoms with Gasteiger partial charge in [-0.25, -0.2) is 9.78 Å². The zero-order valence-corrected chi connectivity index (χ0v) is 14.0. The van der Waals surface area contributed by atoms with Gasteiger partial charge in [0, 0.05) is 12.3 Å². The Bertz CT molecular complexity index is 574. The Hall–Kier alpha value is -1.76. The van der Waals surface area contributed by atoms with E-state index in [2.05, 4.69) is 10.3 Å². The highest BCUT2D eigenvalue weighted by atomic mass is 32.2. The Morgan fingerprint density at radius 2 is 2.22 bits per heavy atom. The Morgan fingerprint density at radius 1 is 1.39 bits per heavy atom. The number of nitrogens with zero attached hydrogens (tertiary/aromatic N) is 2. The molecule has 0 unspecified atom stereocenters. The van der Waals surface area contributed by atoms with Crippen LogP contribution in [0.15, 0.2) is 18.3 Å². The van der Waals surface area contributed by atoms with E-state index >= 15 is 0 Å². The van der Waals surface area contributed by atoms with Crippen LogP contribution in [0, 0.1) is 5.92 Å². The van der Waals surface area contributed by atoms with Gasteiger partial charge < -0.3 is 10.1 Å². The van der Waals surface area contributed by atoms with Crippen LogP contribution in [0.3, 0.4) is 0 Å². The number of urea groups is 1. The molecule has 23 heavy (non-hydrogen) atoms. The summed E-state index contributed by atoms with van der Waals surface area (Å²) in [7, 11) is 0. The average molecular weight is 335 g/mol. The predicted octanol–water partition coefficient (Wildman–Crippen LogP) is 2.04. The van der Waals surface area contributed by atoms with Gasteiger partial charge in [0.25, 0.3) is 5.91 Å².